The topological polar surface area (TPSA) is 102 Å². The quantitative estimate of drug-likeness (QED) is 0.527. The molecule has 0 unspecified atom stereocenters. The van der Waals surface area contributed by atoms with E-state index in [9.17, 15) is 9.59 Å². The van der Waals surface area contributed by atoms with Crippen LogP contribution in [0.25, 0.3) is 0 Å². The van der Waals surface area contributed by atoms with Crippen LogP contribution < -0.4 is 4.72 Å². The molecule has 0 spiro atoms. The summed E-state index contributed by atoms with van der Waals surface area (Å²) in [5.74, 6) is -1.53. The molecule has 84 valence electrons. The average molecular weight is 233 g/mol. The molecule has 0 aliphatic carbocycles. The van der Waals surface area contributed by atoms with Crippen LogP contribution in [0.1, 0.15) is 0 Å². The maximum atomic E-state index is 10.5. The molecule has 0 fully saturated rings. The summed E-state index contributed by atoms with van der Waals surface area (Å²) in [6.45, 7) is 0.949. The minimum absolute atomic E-state index is 0.0973. The second-order valence-corrected chi connectivity index (χ2v) is 3.59. The van der Waals surface area contributed by atoms with Gasteiger partial charge in [-0.2, -0.15) is 0 Å². The van der Waals surface area contributed by atoms with Gasteiger partial charge in [-0.3, -0.25) is 19.3 Å². The number of aliphatic carboxylic acids is 2. The number of carbonyl (C=O) groups is 2. The number of nitrogens with one attached hydrogen (secondary N) is 1. The predicted octanol–water partition coefficient (Wildman–Crippen LogP) is -0.935. The van der Waals surface area contributed by atoms with E-state index >= 15 is 0 Å². The fourth-order valence-corrected chi connectivity index (χ4v) is 1.58. The lowest BCUT2D eigenvalue weighted by atomic mass is 10.5. The summed E-state index contributed by atoms with van der Waals surface area (Å²) in [5.41, 5.74) is 0. The Morgan fingerprint density at radius 1 is 1.47 bits per heavy atom. The van der Waals surface area contributed by atoms with E-state index in [1.807, 2.05) is 0 Å². The highest BCUT2D eigenvalue weighted by molar-refractivity contribution is 7.98. The van der Waals surface area contributed by atoms with Crippen molar-refractivity contribution in [1.29, 1.82) is 0 Å². The normalized spacial score (nSPS) is 14.9. The van der Waals surface area contributed by atoms with Gasteiger partial charge in [0.05, 0.1) is 6.54 Å². The van der Waals surface area contributed by atoms with E-state index in [-0.39, 0.29) is 12.3 Å². The number of rotatable bonds is 5. The van der Waals surface area contributed by atoms with Crippen LogP contribution >= 0.6 is 11.9 Å². The van der Waals surface area contributed by atoms with Crippen molar-refractivity contribution in [3.05, 3.63) is 0 Å². The molecule has 7 nitrogen and oxygen atoms in total. The highest BCUT2D eigenvalue weighted by Crippen LogP contribution is 2.03. The van der Waals surface area contributed by atoms with Crippen LogP contribution in [0.15, 0.2) is 4.99 Å². The Balaban J connectivity index is 2.33. The van der Waals surface area contributed by atoms with Gasteiger partial charge in [0.2, 0.25) is 5.96 Å². The molecular weight excluding hydrogens is 222 g/mol. The van der Waals surface area contributed by atoms with Crippen molar-refractivity contribution < 1.29 is 19.8 Å². The van der Waals surface area contributed by atoms with Gasteiger partial charge >= 0.3 is 11.9 Å². The first-order valence-electron chi connectivity index (χ1n) is 4.20. The van der Waals surface area contributed by atoms with Crippen LogP contribution in [0, 0.1) is 0 Å². The predicted molar refractivity (Wildman–Crippen MR) is 54.7 cm³/mol. The maximum Gasteiger partial charge on any atom is 0.323 e. The van der Waals surface area contributed by atoms with Crippen molar-refractivity contribution >= 4 is 29.8 Å². The molecule has 15 heavy (non-hydrogen) atoms. The van der Waals surface area contributed by atoms with E-state index in [1.165, 1.54) is 0 Å². The molecule has 1 aliphatic heterocycles. The second-order valence-electron chi connectivity index (χ2n) is 2.81. The molecule has 8 heteroatoms. The lowest BCUT2D eigenvalue weighted by molar-refractivity contribution is -0.137. The molecule has 0 bridgehead atoms. The molecule has 0 aromatic rings. The first-order chi connectivity index (χ1) is 7.09. The Bertz CT molecular complexity index is 294. The summed E-state index contributed by atoms with van der Waals surface area (Å²) in [5, 5.41) is 17.0. The van der Waals surface area contributed by atoms with Crippen LogP contribution in [0.2, 0.25) is 0 Å². The van der Waals surface area contributed by atoms with E-state index in [4.69, 9.17) is 10.2 Å². The number of guanidine groups is 1. The smallest absolute Gasteiger partial charge is 0.323 e. The zero-order chi connectivity index (χ0) is 11.3. The zero-order valence-electron chi connectivity index (χ0n) is 7.84. The lowest BCUT2D eigenvalue weighted by Crippen LogP contribution is -2.39. The third kappa shape index (κ3) is 4.07. The molecule has 1 rings (SSSR count). The monoisotopic (exact) mass is 233 g/mol. The van der Waals surface area contributed by atoms with E-state index in [0.717, 1.165) is 11.9 Å². The largest absolute Gasteiger partial charge is 0.481 e. The van der Waals surface area contributed by atoms with Gasteiger partial charge in [0.1, 0.15) is 12.3 Å². The highest BCUT2D eigenvalue weighted by Gasteiger charge is 2.19. The summed E-state index contributed by atoms with van der Waals surface area (Å²) in [4.78, 5) is 26.3. The third-order valence-electron chi connectivity index (χ3n) is 1.62. The SMILES string of the molecule is O=C(O)CSNC1=NCCN1CC(=O)O. The fraction of sp³-hybridized carbons (Fsp3) is 0.571. The highest BCUT2D eigenvalue weighted by atomic mass is 32.2. The van der Waals surface area contributed by atoms with Gasteiger partial charge < -0.3 is 15.1 Å². The van der Waals surface area contributed by atoms with Crippen molar-refractivity contribution in [2.75, 3.05) is 25.4 Å². The van der Waals surface area contributed by atoms with Crippen molar-refractivity contribution in [2.24, 2.45) is 4.99 Å². The summed E-state index contributed by atoms with van der Waals surface area (Å²) in [6, 6.07) is 0. The number of carboxylic acids is 2. The first-order valence-corrected chi connectivity index (χ1v) is 5.19. The molecule has 0 aromatic carbocycles. The number of aliphatic imine (C=N–C) groups is 1. The molecule has 3 N–H and O–H groups in total. The molecular formula is C7H11N3O4S. The van der Waals surface area contributed by atoms with Crippen molar-refractivity contribution in [1.82, 2.24) is 9.62 Å². The van der Waals surface area contributed by atoms with Gasteiger partial charge in [-0.15, -0.1) is 0 Å². The minimum atomic E-state index is -0.936. The Hall–Kier alpha value is -1.44. The standard InChI is InChI=1S/C7H11N3O4S/c11-5(12)3-10-2-1-8-7(10)9-15-4-6(13)14/h1-4H2,(H,8,9)(H,11,12)(H,13,14). The summed E-state index contributed by atoms with van der Waals surface area (Å²) < 4.78 is 2.72. The van der Waals surface area contributed by atoms with Gasteiger partial charge in [0.15, 0.2) is 0 Å². The average Bonchev–Trinajstić information content (AvgIpc) is 2.51. The summed E-state index contributed by atoms with van der Waals surface area (Å²) in [6.07, 6.45) is 0. The Kier molecular flexibility index (Phi) is 4.22. The van der Waals surface area contributed by atoms with E-state index < -0.39 is 11.9 Å². The number of nitrogens with zero attached hydrogens (tertiary/aromatic N) is 2. The molecule has 1 aliphatic rings. The maximum absolute atomic E-state index is 10.5. The van der Waals surface area contributed by atoms with Crippen LogP contribution in [0.5, 0.6) is 0 Å². The Morgan fingerprint density at radius 2 is 2.20 bits per heavy atom. The molecule has 0 aromatic heterocycles. The summed E-state index contributed by atoms with van der Waals surface area (Å²) in [7, 11) is 0. The molecule has 0 saturated heterocycles. The Morgan fingerprint density at radius 3 is 2.80 bits per heavy atom. The minimum Gasteiger partial charge on any atom is -0.481 e. The van der Waals surface area contributed by atoms with Gasteiger partial charge in [0.25, 0.3) is 0 Å². The molecule has 0 amide bonds. The van der Waals surface area contributed by atoms with Crippen LogP contribution in [0.3, 0.4) is 0 Å². The molecule has 1 heterocycles. The van der Waals surface area contributed by atoms with Crippen molar-refractivity contribution in [3.8, 4) is 0 Å². The van der Waals surface area contributed by atoms with Crippen molar-refractivity contribution in [2.45, 2.75) is 0 Å². The molecule has 0 radical (unpaired) electrons. The third-order valence-corrected chi connectivity index (χ3v) is 2.33. The summed E-state index contributed by atoms with van der Waals surface area (Å²) >= 11 is 0.975. The lowest BCUT2D eigenvalue weighted by Gasteiger charge is -2.17. The van der Waals surface area contributed by atoms with Gasteiger partial charge in [-0.1, -0.05) is 0 Å². The second kappa shape index (κ2) is 5.44. The Labute approximate surface area is 90.3 Å². The zero-order valence-corrected chi connectivity index (χ0v) is 8.66. The molecule has 0 atom stereocenters. The van der Waals surface area contributed by atoms with Gasteiger partial charge in [-0.25, -0.2) is 0 Å². The van der Waals surface area contributed by atoms with Crippen LogP contribution in [-0.2, 0) is 9.59 Å². The number of carboxylic acid groups (broad SMARTS) is 2. The van der Waals surface area contributed by atoms with E-state index in [1.54, 1.807) is 4.90 Å². The van der Waals surface area contributed by atoms with E-state index in [2.05, 4.69) is 9.71 Å². The fourth-order valence-electron chi connectivity index (χ4n) is 1.06. The number of hydrogen-bond donors (Lipinski definition) is 3. The molecule has 0 saturated carbocycles. The number of hydrogen-bond acceptors (Lipinski definition) is 6. The van der Waals surface area contributed by atoms with Gasteiger partial charge in [-0.05, 0) is 11.9 Å². The van der Waals surface area contributed by atoms with Crippen LogP contribution in [0.4, 0.5) is 0 Å². The first kappa shape index (κ1) is 11.6. The van der Waals surface area contributed by atoms with Gasteiger partial charge in [0, 0.05) is 6.54 Å². The van der Waals surface area contributed by atoms with E-state index in [0.29, 0.717) is 19.0 Å². The van der Waals surface area contributed by atoms with Crippen molar-refractivity contribution in [3.63, 3.8) is 0 Å². The van der Waals surface area contributed by atoms with Crippen LogP contribution in [-0.4, -0.2) is 58.4 Å².